The highest BCUT2D eigenvalue weighted by Crippen LogP contribution is 2.21. The topological polar surface area (TPSA) is 38.0 Å². The Morgan fingerprint density at radius 3 is 2.88 bits per heavy atom. The second-order valence-corrected chi connectivity index (χ2v) is 6.02. The molecule has 0 fully saturated rings. The number of benzene rings is 1. The van der Waals surface area contributed by atoms with E-state index in [1.54, 1.807) is 0 Å². The summed E-state index contributed by atoms with van der Waals surface area (Å²) in [5.41, 5.74) is 7.61. The molecule has 2 nitrogen and oxygen atoms in total. The van der Waals surface area contributed by atoms with Crippen molar-refractivity contribution in [3.8, 4) is 0 Å². The maximum Gasteiger partial charge on any atom is 0.106 e. The second-order valence-electron chi connectivity index (χ2n) is 3.68. The van der Waals surface area contributed by atoms with E-state index < -0.39 is 0 Å². The van der Waals surface area contributed by atoms with Crippen LogP contribution in [-0.4, -0.2) is 23.5 Å². The molecular formula is C12H17BrN2S2. The fourth-order valence-electron chi connectivity index (χ4n) is 1.47. The predicted octanol–water partition coefficient (Wildman–Crippen LogP) is 3.64. The Kier molecular flexibility index (Phi) is 6.92. The molecule has 0 unspecified atom stereocenters. The van der Waals surface area contributed by atoms with Crippen LogP contribution < -0.4 is 11.1 Å². The quantitative estimate of drug-likeness (QED) is 0.590. The van der Waals surface area contributed by atoms with Crippen molar-refractivity contribution < 1.29 is 0 Å². The van der Waals surface area contributed by atoms with Gasteiger partial charge >= 0.3 is 0 Å². The van der Waals surface area contributed by atoms with E-state index in [2.05, 4.69) is 27.5 Å². The van der Waals surface area contributed by atoms with Crippen LogP contribution in [0.2, 0.25) is 0 Å². The van der Waals surface area contributed by atoms with E-state index in [-0.39, 0.29) is 0 Å². The molecule has 1 aromatic carbocycles. The second kappa shape index (κ2) is 7.95. The smallest absolute Gasteiger partial charge is 0.106 e. The molecule has 0 saturated heterocycles. The lowest BCUT2D eigenvalue weighted by molar-refractivity contribution is 0.843. The third kappa shape index (κ3) is 5.27. The Morgan fingerprint density at radius 2 is 2.24 bits per heavy atom. The van der Waals surface area contributed by atoms with Crippen LogP contribution in [0.3, 0.4) is 0 Å². The van der Waals surface area contributed by atoms with Crippen molar-refractivity contribution in [1.29, 1.82) is 0 Å². The van der Waals surface area contributed by atoms with Crippen molar-refractivity contribution in [3.63, 3.8) is 0 Å². The minimum Gasteiger partial charge on any atom is -0.389 e. The van der Waals surface area contributed by atoms with Gasteiger partial charge in [0.05, 0.1) is 0 Å². The number of hydrogen-bond acceptors (Lipinski definition) is 3. The van der Waals surface area contributed by atoms with E-state index in [1.165, 1.54) is 12.2 Å². The number of thiocarbonyl (C=S) groups is 1. The van der Waals surface area contributed by atoms with Crippen molar-refractivity contribution in [2.75, 3.05) is 23.9 Å². The lowest BCUT2D eigenvalue weighted by Gasteiger charge is -2.11. The normalized spacial score (nSPS) is 10.2. The third-order valence-corrected chi connectivity index (χ3v) is 3.75. The number of nitrogens with one attached hydrogen (secondary N) is 1. The Labute approximate surface area is 121 Å². The first-order valence-corrected chi connectivity index (χ1v) is 8.07. The van der Waals surface area contributed by atoms with Gasteiger partial charge in [-0.3, -0.25) is 0 Å². The average molecular weight is 333 g/mol. The summed E-state index contributed by atoms with van der Waals surface area (Å²) in [6, 6.07) is 5.91. The molecule has 0 aliphatic rings. The van der Waals surface area contributed by atoms with E-state index >= 15 is 0 Å². The number of rotatable bonds is 7. The number of halogens is 1. The van der Waals surface area contributed by atoms with E-state index in [1.807, 2.05) is 30.0 Å². The molecule has 0 bridgehead atoms. The standard InChI is InChI=1S/C12H17BrN2S2/c1-17-7-3-2-6-15-11-8-9(13)4-5-10(11)12(14)16/h4-5,8,15H,2-3,6-7H2,1H3,(H2,14,16). The highest BCUT2D eigenvalue weighted by atomic mass is 79.9. The van der Waals surface area contributed by atoms with Crippen molar-refractivity contribution in [2.45, 2.75) is 12.8 Å². The summed E-state index contributed by atoms with van der Waals surface area (Å²) in [5.74, 6) is 1.21. The molecule has 0 aliphatic carbocycles. The first-order chi connectivity index (χ1) is 8.15. The van der Waals surface area contributed by atoms with Gasteiger partial charge in [0.25, 0.3) is 0 Å². The maximum atomic E-state index is 5.69. The van der Waals surface area contributed by atoms with Gasteiger partial charge in [-0.25, -0.2) is 0 Å². The summed E-state index contributed by atoms with van der Waals surface area (Å²) in [5, 5.41) is 3.39. The molecule has 0 saturated carbocycles. The molecule has 0 aromatic heterocycles. The highest BCUT2D eigenvalue weighted by Gasteiger charge is 2.05. The van der Waals surface area contributed by atoms with Gasteiger partial charge in [0.2, 0.25) is 0 Å². The lowest BCUT2D eigenvalue weighted by Crippen LogP contribution is -2.13. The van der Waals surface area contributed by atoms with Crippen LogP contribution in [-0.2, 0) is 0 Å². The van der Waals surface area contributed by atoms with Gasteiger partial charge in [-0.15, -0.1) is 0 Å². The average Bonchev–Trinajstić information content (AvgIpc) is 2.28. The minimum atomic E-state index is 0.434. The number of anilines is 1. The van der Waals surface area contributed by atoms with Gasteiger partial charge in [-0.1, -0.05) is 28.1 Å². The van der Waals surface area contributed by atoms with Crippen LogP contribution in [0.5, 0.6) is 0 Å². The summed E-state index contributed by atoms with van der Waals surface area (Å²) in [7, 11) is 0. The number of thioether (sulfide) groups is 1. The summed E-state index contributed by atoms with van der Waals surface area (Å²) in [6.07, 6.45) is 4.52. The monoisotopic (exact) mass is 332 g/mol. The zero-order valence-electron chi connectivity index (χ0n) is 9.83. The molecule has 0 aliphatic heterocycles. The van der Waals surface area contributed by atoms with Crippen molar-refractivity contribution in [2.24, 2.45) is 5.73 Å². The third-order valence-electron chi connectivity index (χ3n) is 2.34. The van der Waals surface area contributed by atoms with Gasteiger partial charge in [-0.2, -0.15) is 11.8 Å². The molecule has 17 heavy (non-hydrogen) atoms. The summed E-state index contributed by atoms with van der Waals surface area (Å²) < 4.78 is 1.03. The molecule has 0 spiro atoms. The minimum absolute atomic E-state index is 0.434. The van der Waals surface area contributed by atoms with Crippen molar-refractivity contribution in [3.05, 3.63) is 28.2 Å². The zero-order chi connectivity index (χ0) is 12.7. The Hall–Kier alpha value is -0.260. The number of hydrogen-bond donors (Lipinski definition) is 2. The van der Waals surface area contributed by atoms with E-state index in [9.17, 15) is 0 Å². The van der Waals surface area contributed by atoms with Gasteiger partial charge in [0.1, 0.15) is 4.99 Å². The molecular weight excluding hydrogens is 316 g/mol. The molecule has 1 aromatic rings. The van der Waals surface area contributed by atoms with Gasteiger partial charge in [-0.05, 0) is 43.0 Å². The Bertz CT molecular complexity index is 383. The van der Waals surface area contributed by atoms with Gasteiger partial charge in [0, 0.05) is 22.3 Å². The molecule has 5 heteroatoms. The van der Waals surface area contributed by atoms with Gasteiger partial charge < -0.3 is 11.1 Å². The lowest BCUT2D eigenvalue weighted by atomic mass is 10.1. The van der Waals surface area contributed by atoms with Crippen molar-refractivity contribution in [1.82, 2.24) is 0 Å². The summed E-state index contributed by atoms with van der Waals surface area (Å²) in [6.45, 7) is 0.951. The fraction of sp³-hybridized carbons (Fsp3) is 0.417. The maximum absolute atomic E-state index is 5.69. The van der Waals surface area contributed by atoms with Crippen LogP contribution in [0.1, 0.15) is 18.4 Å². The molecule has 1 rings (SSSR count). The van der Waals surface area contributed by atoms with E-state index in [0.717, 1.165) is 28.7 Å². The predicted molar refractivity (Wildman–Crippen MR) is 86.1 cm³/mol. The highest BCUT2D eigenvalue weighted by molar-refractivity contribution is 9.10. The first-order valence-electron chi connectivity index (χ1n) is 5.47. The Morgan fingerprint density at radius 1 is 1.47 bits per heavy atom. The molecule has 0 radical (unpaired) electrons. The molecule has 94 valence electrons. The van der Waals surface area contributed by atoms with E-state index in [4.69, 9.17) is 18.0 Å². The molecule has 0 heterocycles. The van der Waals surface area contributed by atoms with Gasteiger partial charge in [0.15, 0.2) is 0 Å². The molecule has 0 amide bonds. The molecule has 3 N–H and O–H groups in total. The van der Waals surface area contributed by atoms with Crippen molar-refractivity contribution >= 4 is 50.6 Å². The van der Waals surface area contributed by atoms with Crippen LogP contribution in [0, 0.1) is 0 Å². The first kappa shape index (κ1) is 14.8. The van der Waals surface area contributed by atoms with E-state index in [0.29, 0.717) is 4.99 Å². The SMILES string of the molecule is CSCCCCNc1cc(Br)ccc1C(N)=S. The largest absolute Gasteiger partial charge is 0.389 e. The number of nitrogens with two attached hydrogens (primary N) is 1. The van der Waals surface area contributed by atoms with Crippen LogP contribution in [0.15, 0.2) is 22.7 Å². The number of unbranched alkanes of at least 4 members (excludes halogenated alkanes) is 1. The van der Waals surface area contributed by atoms with Crippen LogP contribution >= 0.6 is 39.9 Å². The fourth-order valence-corrected chi connectivity index (χ4v) is 2.50. The molecule has 0 atom stereocenters. The van der Waals surface area contributed by atoms with Crippen LogP contribution in [0.4, 0.5) is 5.69 Å². The Balaban J connectivity index is 2.56. The summed E-state index contributed by atoms with van der Waals surface area (Å²) >= 11 is 10.4. The zero-order valence-corrected chi connectivity index (χ0v) is 13.1. The summed E-state index contributed by atoms with van der Waals surface area (Å²) in [4.78, 5) is 0.434. The van der Waals surface area contributed by atoms with Crippen LogP contribution in [0.25, 0.3) is 0 Å².